The molecule has 1 aliphatic rings. The third kappa shape index (κ3) is 5.93. The topological polar surface area (TPSA) is 0 Å². The Hall–Kier alpha value is -2.29. The minimum atomic E-state index is -1.07. The van der Waals surface area contributed by atoms with Crippen LogP contribution in [0.5, 0.6) is 0 Å². The summed E-state index contributed by atoms with van der Waals surface area (Å²) >= 11 is 0. The summed E-state index contributed by atoms with van der Waals surface area (Å²) < 4.78 is 45.1. The van der Waals surface area contributed by atoms with Gasteiger partial charge in [-0.1, -0.05) is 88.8 Å². The first-order valence-electron chi connectivity index (χ1n) is 13.7. The number of hydrogen-bond donors (Lipinski definition) is 0. The molecule has 3 aromatic carbocycles. The van der Waals surface area contributed by atoms with Crippen molar-refractivity contribution in [2.45, 2.75) is 96.8 Å². The lowest BCUT2D eigenvalue weighted by Gasteiger charge is -2.29. The van der Waals surface area contributed by atoms with E-state index in [0.29, 0.717) is 34.4 Å². The van der Waals surface area contributed by atoms with Gasteiger partial charge in [0.2, 0.25) is 0 Å². The molecule has 0 unspecified atom stereocenters. The zero-order valence-corrected chi connectivity index (χ0v) is 21.3. The van der Waals surface area contributed by atoms with Crippen LogP contribution in [0.3, 0.4) is 0 Å². The standard InChI is InChI=1S/C32H39F3/c1-3-5-7-9-22-11-13-23(14-12-22)24-15-17-25(18-16-24)28-20-19-26-21-27(10-8-6-4-2)30(33)32(35)29(26)31(28)34/h15-23H,3-14H2,1-2H3. The highest BCUT2D eigenvalue weighted by Crippen LogP contribution is 2.39. The molecule has 188 valence electrons. The number of halogens is 3. The summed E-state index contributed by atoms with van der Waals surface area (Å²) in [5, 5.41) is 0.175. The van der Waals surface area contributed by atoms with E-state index in [0.717, 1.165) is 25.2 Å². The van der Waals surface area contributed by atoms with Crippen LogP contribution in [0.4, 0.5) is 13.2 Å². The highest BCUT2D eigenvalue weighted by atomic mass is 19.2. The number of benzene rings is 3. The summed E-state index contributed by atoms with van der Waals surface area (Å²) in [6.07, 6.45) is 13.6. The summed E-state index contributed by atoms with van der Waals surface area (Å²) in [6.45, 7) is 4.32. The van der Waals surface area contributed by atoms with Crippen molar-refractivity contribution in [1.29, 1.82) is 0 Å². The monoisotopic (exact) mass is 480 g/mol. The number of aryl methyl sites for hydroxylation is 1. The predicted octanol–water partition coefficient (Wildman–Crippen LogP) is 10.5. The molecule has 0 amide bonds. The lowest BCUT2D eigenvalue weighted by Crippen LogP contribution is -2.13. The molecular weight excluding hydrogens is 441 g/mol. The van der Waals surface area contributed by atoms with Crippen LogP contribution in [0, 0.1) is 23.4 Å². The molecule has 0 aromatic heterocycles. The minimum Gasteiger partial charge on any atom is -0.206 e. The van der Waals surface area contributed by atoms with Gasteiger partial charge in [0.25, 0.3) is 0 Å². The predicted molar refractivity (Wildman–Crippen MR) is 141 cm³/mol. The molecule has 35 heavy (non-hydrogen) atoms. The Morgan fingerprint density at radius 3 is 2.09 bits per heavy atom. The van der Waals surface area contributed by atoms with Gasteiger partial charge in [0.05, 0.1) is 5.39 Å². The largest absolute Gasteiger partial charge is 0.206 e. The smallest absolute Gasteiger partial charge is 0.169 e. The van der Waals surface area contributed by atoms with Crippen LogP contribution in [0.25, 0.3) is 21.9 Å². The van der Waals surface area contributed by atoms with E-state index >= 15 is 4.39 Å². The molecule has 0 aliphatic heterocycles. The Bertz CT molecular complexity index is 1110. The molecule has 0 bridgehead atoms. The molecule has 0 spiro atoms. The Balaban J connectivity index is 1.50. The quantitative estimate of drug-likeness (QED) is 0.253. The van der Waals surface area contributed by atoms with Gasteiger partial charge in [-0.3, -0.25) is 0 Å². The van der Waals surface area contributed by atoms with E-state index in [1.165, 1.54) is 56.9 Å². The summed E-state index contributed by atoms with van der Waals surface area (Å²) in [6, 6.07) is 13.1. The Labute approximate surface area is 209 Å². The average Bonchev–Trinajstić information content (AvgIpc) is 2.88. The summed E-state index contributed by atoms with van der Waals surface area (Å²) in [7, 11) is 0. The normalized spacial score (nSPS) is 18.3. The van der Waals surface area contributed by atoms with Gasteiger partial charge >= 0.3 is 0 Å². The number of fused-ring (bicyclic) bond motifs is 1. The van der Waals surface area contributed by atoms with Crippen molar-refractivity contribution < 1.29 is 13.2 Å². The van der Waals surface area contributed by atoms with Crippen molar-refractivity contribution in [2.75, 3.05) is 0 Å². The highest BCUT2D eigenvalue weighted by Gasteiger charge is 2.23. The summed E-state index contributed by atoms with van der Waals surface area (Å²) in [4.78, 5) is 0. The van der Waals surface area contributed by atoms with E-state index < -0.39 is 17.5 Å². The van der Waals surface area contributed by atoms with Crippen LogP contribution in [0.15, 0.2) is 42.5 Å². The van der Waals surface area contributed by atoms with Crippen molar-refractivity contribution in [1.82, 2.24) is 0 Å². The molecule has 3 heteroatoms. The van der Waals surface area contributed by atoms with Gasteiger partial charge in [-0.25, -0.2) is 13.2 Å². The molecule has 0 saturated heterocycles. The van der Waals surface area contributed by atoms with Crippen LogP contribution in [-0.4, -0.2) is 0 Å². The molecule has 0 heterocycles. The van der Waals surface area contributed by atoms with E-state index in [4.69, 9.17) is 0 Å². The Kier molecular flexibility index (Phi) is 8.92. The van der Waals surface area contributed by atoms with Gasteiger partial charge in [-0.05, 0) is 78.5 Å². The van der Waals surface area contributed by atoms with Gasteiger partial charge < -0.3 is 0 Å². The van der Waals surface area contributed by atoms with Crippen LogP contribution >= 0.6 is 0 Å². The van der Waals surface area contributed by atoms with Crippen LogP contribution in [-0.2, 0) is 6.42 Å². The van der Waals surface area contributed by atoms with Gasteiger partial charge in [-0.15, -0.1) is 0 Å². The zero-order chi connectivity index (χ0) is 24.8. The molecule has 0 radical (unpaired) electrons. The van der Waals surface area contributed by atoms with Gasteiger partial charge in [0.15, 0.2) is 11.6 Å². The molecule has 3 aromatic rings. The maximum Gasteiger partial charge on any atom is 0.169 e. The third-order valence-corrected chi connectivity index (χ3v) is 8.00. The second-order valence-electron chi connectivity index (χ2n) is 10.5. The highest BCUT2D eigenvalue weighted by molar-refractivity contribution is 5.89. The molecule has 0 N–H and O–H groups in total. The first-order valence-corrected chi connectivity index (χ1v) is 13.7. The van der Waals surface area contributed by atoms with Crippen LogP contribution in [0.1, 0.15) is 102 Å². The molecule has 4 rings (SSSR count). The van der Waals surface area contributed by atoms with Crippen molar-refractivity contribution in [3.05, 3.63) is 71.0 Å². The summed E-state index contributed by atoms with van der Waals surface area (Å²) in [5.74, 6) is -1.23. The fourth-order valence-electron chi connectivity index (χ4n) is 5.81. The SMILES string of the molecule is CCCCCc1cc2ccc(-c3ccc(C4CCC(CCCCC)CC4)cc3)c(F)c2c(F)c1F. The third-order valence-electron chi connectivity index (χ3n) is 8.00. The zero-order valence-electron chi connectivity index (χ0n) is 21.3. The van der Waals surface area contributed by atoms with E-state index in [1.807, 2.05) is 12.1 Å². The van der Waals surface area contributed by atoms with Crippen molar-refractivity contribution in [2.24, 2.45) is 5.92 Å². The van der Waals surface area contributed by atoms with Crippen LogP contribution in [0.2, 0.25) is 0 Å². The maximum atomic E-state index is 15.5. The van der Waals surface area contributed by atoms with Gasteiger partial charge in [0.1, 0.15) is 5.82 Å². The van der Waals surface area contributed by atoms with Crippen LogP contribution < -0.4 is 0 Å². The molecule has 1 fully saturated rings. The molecule has 1 saturated carbocycles. The second-order valence-corrected chi connectivity index (χ2v) is 10.5. The fourth-order valence-corrected chi connectivity index (χ4v) is 5.81. The molecule has 0 nitrogen and oxygen atoms in total. The van der Waals surface area contributed by atoms with Gasteiger partial charge in [0, 0.05) is 5.56 Å². The molecule has 0 atom stereocenters. The number of unbranched alkanes of at least 4 members (excludes halogenated alkanes) is 4. The Morgan fingerprint density at radius 2 is 1.40 bits per heavy atom. The lowest BCUT2D eigenvalue weighted by molar-refractivity contribution is 0.303. The first kappa shape index (κ1) is 25.8. The minimum absolute atomic E-state index is 0.246. The molecular formula is C32H39F3. The second kappa shape index (κ2) is 12.1. The van der Waals surface area contributed by atoms with Crippen molar-refractivity contribution in [3.8, 4) is 11.1 Å². The first-order chi connectivity index (χ1) is 17.0. The van der Waals surface area contributed by atoms with E-state index in [9.17, 15) is 8.78 Å². The number of hydrogen-bond acceptors (Lipinski definition) is 0. The van der Waals surface area contributed by atoms with Gasteiger partial charge in [-0.2, -0.15) is 0 Å². The summed E-state index contributed by atoms with van der Waals surface area (Å²) in [5.41, 5.74) is 2.66. The maximum absolute atomic E-state index is 15.5. The van der Waals surface area contributed by atoms with E-state index in [1.54, 1.807) is 18.2 Å². The van der Waals surface area contributed by atoms with E-state index in [-0.39, 0.29) is 5.39 Å². The lowest BCUT2D eigenvalue weighted by atomic mass is 9.77. The van der Waals surface area contributed by atoms with Crippen molar-refractivity contribution >= 4 is 10.8 Å². The molecule has 1 aliphatic carbocycles. The Morgan fingerprint density at radius 1 is 0.714 bits per heavy atom. The number of rotatable bonds is 10. The fraction of sp³-hybridized carbons (Fsp3) is 0.500. The van der Waals surface area contributed by atoms with E-state index in [2.05, 4.69) is 26.0 Å². The van der Waals surface area contributed by atoms with Crippen molar-refractivity contribution in [3.63, 3.8) is 0 Å². The average molecular weight is 481 g/mol.